The lowest BCUT2D eigenvalue weighted by atomic mass is 10.3. The zero-order chi connectivity index (χ0) is 10.3. The summed E-state index contributed by atoms with van der Waals surface area (Å²) in [5, 5.41) is 3.63. The van der Waals surface area contributed by atoms with Crippen LogP contribution in [0.3, 0.4) is 0 Å². The van der Waals surface area contributed by atoms with Gasteiger partial charge in [-0.25, -0.2) is 4.52 Å². The average molecular weight is 265 g/mol. The van der Waals surface area contributed by atoms with Gasteiger partial charge in [-0.1, -0.05) is 6.07 Å². The zero-order valence-electron chi connectivity index (χ0n) is 6.72. The van der Waals surface area contributed by atoms with Crippen LogP contribution in [0.2, 0.25) is 0 Å². The molecule has 2 heterocycles. The summed E-state index contributed by atoms with van der Waals surface area (Å²) < 4.78 is 38.8. The van der Waals surface area contributed by atoms with Crippen molar-refractivity contribution in [3.05, 3.63) is 34.6 Å². The molecule has 0 fully saturated rings. The summed E-state index contributed by atoms with van der Waals surface area (Å²) >= 11 is 3.12. The molecule has 74 valence electrons. The van der Waals surface area contributed by atoms with E-state index < -0.39 is 11.9 Å². The first-order valence-corrected chi connectivity index (χ1v) is 4.49. The van der Waals surface area contributed by atoms with E-state index in [4.69, 9.17) is 0 Å². The van der Waals surface area contributed by atoms with E-state index in [1.165, 1.54) is 12.3 Å². The van der Waals surface area contributed by atoms with Gasteiger partial charge in [0.15, 0.2) is 0 Å². The molecule has 2 rings (SSSR count). The highest BCUT2D eigenvalue weighted by atomic mass is 79.9. The van der Waals surface area contributed by atoms with Crippen molar-refractivity contribution in [2.24, 2.45) is 0 Å². The molecule has 2 nitrogen and oxygen atoms in total. The Bertz CT molecular complexity index is 475. The van der Waals surface area contributed by atoms with E-state index >= 15 is 0 Å². The highest BCUT2D eigenvalue weighted by molar-refractivity contribution is 9.10. The van der Waals surface area contributed by atoms with Crippen LogP contribution in [0.25, 0.3) is 5.52 Å². The lowest BCUT2D eigenvalue weighted by Crippen LogP contribution is -2.11. The highest BCUT2D eigenvalue weighted by Crippen LogP contribution is 2.30. The average Bonchev–Trinajstić information content (AvgIpc) is 2.46. The molecule has 0 aliphatic carbocycles. The van der Waals surface area contributed by atoms with Gasteiger partial charge in [-0.2, -0.15) is 18.3 Å². The van der Waals surface area contributed by atoms with Gasteiger partial charge in [0.2, 0.25) is 0 Å². The van der Waals surface area contributed by atoms with Gasteiger partial charge < -0.3 is 0 Å². The molecule has 0 N–H and O–H groups in total. The number of alkyl halides is 3. The van der Waals surface area contributed by atoms with Crippen LogP contribution >= 0.6 is 15.9 Å². The van der Waals surface area contributed by atoms with E-state index in [1.807, 2.05) is 0 Å². The van der Waals surface area contributed by atoms with Crippen LogP contribution < -0.4 is 0 Å². The molecular weight excluding hydrogens is 261 g/mol. The standard InChI is InChI=1S/C8H4BrF3N2/c9-5-4-13-14-6(5)2-1-3-7(14)8(10,11)12/h1-4H. The molecule has 0 saturated heterocycles. The molecule has 0 aliphatic heterocycles. The molecule has 0 radical (unpaired) electrons. The molecule has 0 spiro atoms. The Labute approximate surface area is 85.5 Å². The predicted molar refractivity (Wildman–Crippen MR) is 47.9 cm³/mol. The number of nitrogens with zero attached hydrogens (tertiary/aromatic N) is 2. The van der Waals surface area contributed by atoms with Gasteiger partial charge in [0.1, 0.15) is 5.69 Å². The number of rotatable bonds is 0. The molecule has 6 heteroatoms. The predicted octanol–water partition coefficient (Wildman–Crippen LogP) is 3.12. The first kappa shape index (κ1) is 9.51. The molecule has 0 aromatic carbocycles. The molecule has 0 amide bonds. The van der Waals surface area contributed by atoms with Crippen LogP contribution in [0.1, 0.15) is 5.69 Å². The van der Waals surface area contributed by atoms with E-state index in [9.17, 15) is 13.2 Å². The molecular formula is C8H4BrF3N2. The van der Waals surface area contributed by atoms with Gasteiger partial charge in [-0.3, -0.25) is 0 Å². The Morgan fingerprint density at radius 1 is 1.29 bits per heavy atom. The van der Waals surface area contributed by atoms with Crippen molar-refractivity contribution < 1.29 is 13.2 Å². The third-order valence-corrected chi connectivity index (χ3v) is 2.40. The first-order valence-electron chi connectivity index (χ1n) is 3.69. The monoisotopic (exact) mass is 264 g/mol. The van der Waals surface area contributed by atoms with Crippen molar-refractivity contribution in [1.29, 1.82) is 0 Å². The minimum absolute atomic E-state index is 0.403. The Balaban J connectivity index is 2.79. The fourth-order valence-corrected chi connectivity index (χ4v) is 1.59. The van der Waals surface area contributed by atoms with Crippen LogP contribution in [-0.4, -0.2) is 9.61 Å². The summed E-state index contributed by atoms with van der Waals surface area (Å²) in [5.74, 6) is 0. The first-order chi connectivity index (χ1) is 6.50. The fourth-order valence-electron chi connectivity index (χ4n) is 1.20. The largest absolute Gasteiger partial charge is 0.433 e. The van der Waals surface area contributed by atoms with Crippen molar-refractivity contribution in [3.63, 3.8) is 0 Å². The molecule has 0 saturated carbocycles. The van der Waals surface area contributed by atoms with Gasteiger partial charge in [-0.05, 0) is 28.1 Å². The Hall–Kier alpha value is -1.04. The number of fused-ring (bicyclic) bond motifs is 1. The summed E-state index contributed by atoms with van der Waals surface area (Å²) in [7, 11) is 0. The third-order valence-electron chi connectivity index (χ3n) is 1.79. The molecule has 14 heavy (non-hydrogen) atoms. The maximum absolute atomic E-state index is 12.5. The third kappa shape index (κ3) is 1.39. The van der Waals surface area contributed by atoms with E-state index in [-0.39, 0.29) is 0 Å². The van der Waals surface area contributed by atoms with E-state index in [0.29, 0.717) is 9.99 Å². The molecule has 2 aromatic rings. The van der Waals surface area contributed by atoms with Crippen LogP contribution in [0.15, 0.2) is 28.9 Å². The van der Waals surface area contributed by atoms with Gasteiger partial charge in [0.25, 0.3) is 0 Å². The molecule has 0 aliphatic rings. The van der Waals surface area contributed by atoms with Crippen molar-refractivity contribution in [1.82, 2.24) is 9.61 Å². The van der Waals surface area contributed by atoms with Gasteiger partial charge in [0.05, 0.1) is 16.2 Å². The van der Waals surface area contributed by atoms with Crippen LogP contribution in [0.5, 0.6) is 0 Å². The minimum atomic E-state index is -4.38. The van der Waals surface area contributed by atoms with Crippen molar-refractivity contribution in [3.8, 4) is 0 Å². The Morgan fingerprint density at radius 2 is 2.00 bits per heavy atom. The number of pyridine rings is 1. The quantitative estimate of drug-likeness (QED) is 0.715. The second kappa shape index (κ2) is 2.98. The summed E-state index contributed by atoms with van der Waals surface area (Å²) in [6.45, 7) is 0. The summed E-state index contributed by atoms with van der Waals surface area (Å²) in [6, 6.07) is 3.91. The van der Waals surface area contributed by atoms with Gasteiger partial charge in [0, 0.05) is 0 Å². The summed E-state index contributed by atoms with van der Waals surface area (Å²) in [5.41, 5.74) is -0.375. The van der Waals surface area contributed by atoms with Crippen LogP contribution in [-0.2, 0) is 6.18 Å². The topological polar surface area (TPSA) is 17.3 Å². The fraction of sp³-hybridized carbons (Fsp3) is 0.125. The summed E-state index contributed by atoms with van der Waals surface area (Å²) in [4.78, 5) is 0. The van der Waals surface area contributed by atoms with Crippen LogP contribution in [0, 0.1) is 0 Å². The SMILES string of the molecule is FC(F)(F)c1cccc2c(Br)cnn12. The van der Waals surface area contributed by atoms with Gasteiger partial charge in [-0.15, -0.1) is 0 Å². The van der Waals surface area contributed by atoms with Crippen molar-refractivity contribution >= 4 is 21.4 Å². The second-order valence-corrected chi connectivity index (χ2v) is 3.55. The van der Waals surface area contributed by atoms with Crippen molar-refractivity contribution in [2.75, 3.05) is 0 Å². The smallest absolute Gasteiger partial charge is 0.227 e. The number of halogens is 4. The molecule has 2 aromatic heterocycles. The van der Waals surface area contributed by atoms with Crippen molar-refractivity contribution in [2.45, 2.75) is 6.18 Å². The number of aromatic nitrogens is 2. The Morgan fingerprint density at radius 3 is 2.64 bits per heavy atom. The minimum Gasteiger partial charge on any atom is -0.227 e. The zero-order valence-corrected chi connectivity index (χ0v) is 8.30. The lowest BCUT2D eigenvalue weighted by Gasteiger charge is -2.07. The molecule has 0 atom stereocenters. The van der Waals surface area contributed by atoms with Crippen LogP contribution in [0.4, 0.5) is 13.2 Å². The Kier molecular flexibility index (Phi) is 2.02. The van der Waals surface area contributed by atoms with E-state index in [1.54, 1.807) is 6.07 Å². The summed E-state index contributed by atoms with van der Waals surface area (Å²) in [6.07, 6.45) is -3.05. The number of hydrogen-bond acceptors (Lipinski definition) is 1. The highest BCUT2D eigenvalue weighted by Gasteiger charge is 2.33. The second-order valence-electron chi connectivity index (χ2n) is 2.70. The van der Waals surface area contributed by atoms with Gasteiger partial charge >= 0.3 is 6.18 Å². The van der Waals surface area contributed by atoms with E-state index in [0.717, 1.165) is 10.6 Å². The maximum Gasteiger partial charge on any atom is 0.433 e. The molecule has 0 unspecified atom stereocenters. The molecule has 0 bridgehead atoms. The maximum atomic E-state index is 12.5. The van der Waals surface area contributed by atoms with E-state index in [2.05, 4.69) is 21.0 Å². The number of hydrogen-bond donors (Lipinski definition) is 0. The normalized spacial score (nSPS) is 12.3. The lowest BCUT2D eigenvalue weighted by molar-refractivity contribution is -0.142.